The molecule has 0 saturated carbocycles. The smallest absolute Gasteiger partial charge is 0.257 e. The van der Waals surface area contributed by atoms with Crippen LogP contribution in [0.5, 0.6) is 0 Å². The van der Waals surface area contributed by atoms with Gasteiger partial charge in [-0.25, -0.2) is 8.42 Å². The second kappa shape index (κ2) is 6.56. The lowest BCUT2D eigenvalue weighted by atomic mass is 10.1. The molecule has 3 heterocycles. The van der Waals surface area contributed by atoms with Crippen molar-refractivity contribution in [3.8, 4) is 0 Å². The number of nitrogens with zero attached hydrogens (tertiary/aromatic N) is 4. The second-order valence-electron chi connectivity index (χ2n) is 5.61. The number of hydrogen-bond acceptors (Lipinski definition) is 5. The summed E-state index contributed by atoms with van der Waals surface area (Å²) in [6.45, 7) is 0.789. The maximum Gasteiger partial charge on any atom is 0.257 e. The number of allylic oxidation sites excluding steroid dienone is 2. The molecule has 0 atom stereocenters. The Labute approximate surface area is 141 Å². The Hall–Kier alpha value is -2.48. The first kappa shape index (κ1) is 16.4. The van der Waals surface area contributed by atoms with Gasteiger partial charge < -0.3 is 9.80 Å². The first-order valence-electron chi connectivity index (χ1n) is 7.60. The Bertz CT molecular complexity index is 828. The van der Waals surface area contributed by atoms with Crippen molar-refractivity contribution < 1.29 is 13.2 Å². The highest BCUT2D eigenvalue weighted by molar-refractivity contribution is 7.90. The van der Waals surface area contributed by atoms with Crippen molar-refractivity contribution in [2.75, 3.05) is 25.9 Å². The zero-order valence-electron chi connectivity index (χ0n) is 13.3. The number of aromatic nitrogens is 1. The van der Waals surface area contributed by atoms with Gasteiger partial charge in [-0.15, -0.1) is 4.40 Å². The van der Waals surface area contributed by atoms with E-state index in [1.165, 1.54) is 0 Å². The second-order valence-corrected chi connectivity index (χ2v) is 7.37. The van der Waals surface area contributed by atoms with E-state index in [0.29, 0.717) is 25.1 Å². The lowest BCUT2D eigenvalue weighted by molar-refractivity contribution is -0.125. The van der Waals surface area contributed by atoms with Gasteiger partial charge in [0.25, 0.3) is 15.9 Å². The van der Waals surface area contributed by atoms with Crippen LogP contribution in [-0.4, -0.2) is 60.8 Å². The molecule has 1 amide bonds. The van der Waals surface area contributed by atoms with Crippen LogP contribution in [0.15, 0.2) is 52.7 Å². The molecule has 0 aliphatic carbocycles. The Kier molecular flexibility index (Phi) is 4.48. The van der Waals surface area contributed by atoms with Gasteiger partial charge in [0, 0.05) is 44.6 Å². The predicted molar refractivity (Wildman–Crippen MR) is 90.7 cm³/mol. The summed E-state index contributed by atoms with van der Waals surface area (Å²) in [6, 6.07) is 5.65. The average Bonchev–Trinajstić information content (AvgIpc) is 2.58. The fourth-order valence-electron chi connectivity index (χ4n) is 2.52. The van der Waals surface area contributed by atoms with E-state index in [-0.39, 0.29) is 17.5 Å². The lowest BCUT2D eigenvalue weighted by Crippen LogP contribution is -2.43. The molecule has 8 heteroatoms. The molecule has 1 aromatic heterocycles. The lowest BCUT2D eigenvalue weighted by Gasteiger charge is -2.30. The summed E-state index contributed by atoms with van der Waals surface area (Å²) < 4.78 is 27.3. The van der Waals surface area contributed by atoms with Crippen molar-refractivity contribution >= 4 is 21.8 Å². The first-order valence-corrected chi connectivity index (χ1v) is 9.21. The average molecular weight is 346 g/mol. The molecular formula is C16H18N4O3S. The molecule has 2 aliphatic heterocycles. The highest BCUT2D eigenvalue weighted by Gasteiger charge is 2.31. The van der Waals surface area contributed by atoms with Crippen LogP contribution in [0.1, 0.15) is 5.69 Å². The molecule has 0 spiro atoms. The Morgan fingerprint density at radius 2 is 2.21 bits per heavy atom. The standard InChI is InChI=1S/C16H18N4O3S/c1-19(10-7-13-5-2-3-8-17-13)16(21)14-6-4-9-20-11-12-24(22,23)18-15(14)20/h2-6,8-9H,7,10-12H2,1H3. The molecule has 1 aromatic rings. The van der Waals surface area contributed by atoms with E-state index in [1.54, 1.807) is 41.4 Å². The maximum atomic E-state index is 12.7. The van der Waals surface area contributed by atoms with E-state index in [4.69, 9.17) is 0 Å². The highest BCUT2D eigenvalue weighted by Crippen LogP contribution is 2.19. The van der Waals surface area contributed by atoms with Crippen LogP contribution in [0.3, 0.4) is 0 Å². The summed E-state index contributed by atoms with van der Waals surface area (Å²) in [5.74, 6) is -0.0905. The van der Waals surface area contributed by atoms with E-state index < -0.39 is 10.0 Å². The zero-order chi connectivity index (χ0) is 17.2. The molecule has 0 bridgehead atoms. The Morgan fingerprint density at radius 3 is 2.96 bits per heavy atom. The molecule has 0 fully saturated rings. The number of carbonyl (C=O) groups is 1. The van der Waals surface area contributed by atoms with Gasteiger partial charge in [-0.1, -0.05) is 6.07 Å². The van der Waals surface area contributed by atoms with E-state index in [9.17, 15) is 13.2 Å². The summed E-state index contributed by atoms with van der Waals surface area (Å²) in [6.07, 6.45) is 7.41. The van der Waals surface area contributed by atoms with Gasteiger partial charge in [0.05, 0.1) is 11.3 Å². The predicted octanol–water partition coefficient (Wildman–Crippen LogP) is 0.580. The number of carbonyl (C=O) groups excluding carboxylic acids is 1. The quantitative estimate of drug-likeness (QED) is 0.796. The molecule has 2 aliphatic rings. The number of pyridine rings is 1. The Balaban J connectivity index is 1.75. The third-order valence-electron chi connectivity index (χ3n) is 3.86. The topological polar surface area (TPSA) is 82.9 Å². The van der Waals surface area contributed by atoms with Crippen LogP contribution in [0.4, 0.5) is 0 Å². The van der Waals surface area contributed by atoms with Crippen LogP contribution in [0.2, 0.25) is 0 Å². The maximum absolute atomic E-state index is 12.7. The number of likely N-dealkylation sites (N-methyl/N-ethyl adjacent to an activating group) is 1. The fourth-order valence-corrected chi connectivity index (χ4v) is 3.50. The van der Waals surface area contributed by atoms with Crippen LogP contribution < -0.4 is 0 Å². The molecule has 3 rings (SSSR count). The van der Waals surface area contributed by atoms with E-state index >= 15 is 0 Å². The van der Waals surface area contributed by atoms with Crippen LogP contribution in [0, 0.1) is 0 Å². The number of amides is 1. The molecular weight excluding hydrogens is 328 g/mol. The molecule has 0 radical (unpaired) electrons. The number of amidine groups is 1. The summed E-state index contributed by atoms with van der Waals surface area (Å²) in [5.41, 5.74) is 1.19. The molecule has 0 unspecified atom stereocenters. The third kappa shape index (κ3) is 3.53. The van der Waals surface area contributed by atoms with Crippen molar-refractivity contribution in [3.63, 3.8) is 0 Å². The SMILES string of the molecule is CN(CCc1ccccn1)C(=O)C1=CC=CN2CCS(=O)(=O)N=C12. The summed E-state index contributed by atoms with van der Waals surface area (Å²) in [5, 5.41) is 0. The first-order chi connectivity index (χ1) is 11.5. The highest BCUT2D eigenvalue weighted by atomic mass is 32.2. The van der Waals surface area contributed by atoms with Gasteiger partial charge >= 0.3 is 0 Å². The van der Waals surface area contributed by atoms with Crippen LogP contribution in [-0.2, 0) is 21.2 Å². The Morgan fingerprint density at radius 1 is 1.38 bits per heavy atom. The number of sulfonamides is 1. The monoisotopic (exact) mass is 346 g/mol. The van der Waals surface area contributed by atoms with Crippen LogP contribution in [0.25, 0.3) is 0 Å². The van der Waals surface area contributed by atoms with E-state index in [2.05, 4.69) is 9.38 Å². The molecule has 126 valence electrons. The van der Waals surface area contributed by atoms with Gasteiger partial charge in [-0.2, -0.15) is 0 Å². The van der Waals surface area contributed by atoms with Gasteiger partial charge in [0.2, 0.25) is 0 Å². The minimum atomic E-state index is -3.51. The fraction of sp³-hybridized carbons (Fsp3) is 0.312. The summed E-state index contributed by atoms with van der Waals surface area (Å²) in [7, 11) is -1.82. The minimum Gasteiger partial charge on any atom is -0.341 e. The summed E-state index contributed by atoms with van der Waals surface area (Å²) >= 11 is 0. The molecule has 0 N–H and O–H groups in total. The van der Waals surface area contributed by atoms with Crippen molar-refractivity contribution in [1.82, 2.24) is 14.8 Å². The van der Waals surface area contributed by atoms with Gasteiger partial charge in [0.1, 0.15) is 0 Å². The molecule has 0 saturated heterocycles. The van der Waals surface area contributed by atoms with Gasteiger partial charge in [-0.3, -0.25) is 9.78 Å². The normalized spacial score (nSPS) is 18.5. The van der Waals surface area contributed by atoms with Crippen molar-refractivity contribution in [1.29, 1.82) is 0 Å². The van der Waals surface area contributed by atoms with Crippen molar-refractivity contribution in [3.05, 3.63) is 54.0 Å². The largest absolute Gasteiger partial charge is 0.341 e. The zero-order valence-corrected chi connectivity index (χ0v) is 14.1. The van der Waals surface area contributed by atoms with E-state index in [0.717, 1.165) is 5.69 Å². The molecule has 0 aromatic carbocycles. The van der Waals surface area contributed by atoms with Crippen LogP contribution >= 0.6 is 0 Å². The minimum absolute atomic E-state index is 0.0438. The number of hydrogen-bond donors (Lipinski definition) is 0. The number of rotatable bonds is 4. The summed E-state index contributed by atoms with van der Waals surface area (Å²) in [4.78, 5) is 20.2. The molecule has 7 nitrogen and oxygen atoms in total. The van der Waals surface area contributed by atoms with Gasteiger partial charge in [-0.05, 0) is 24.3 Å². The van der Waals surface area contributed by atoms with Crippen molar-refractivity contribution in [2.45, 2.75) is 6.42 Å². The molecule has 24 heavy (non-hydrogen) atoms. The third-order valence-corrected chi connectivity index (χ3v) is 5.01. The van der Waals surface area contributed by atoms with Gasteiger partial charge in [0.15, 0.2) is 5.84 Å². The van der Waals surface area contributed by atoms with Crippen molar-refractivity contribution in [2.24, 2.45) is 4.40 Å². The van der Waals surface area contributed by atoms with E-state index in [1.807, 2.05) is 18.2 Å². The number of fused-ring (bicyclic) bond motifs is 1.